The van der Waals surface area contributed by atoms with E-state index in [-0.39, 0.29) is 30.2 Å². The highest BCUT2D eigenvalue weighted by molar-refractivity contribution is 5.98. The van der Waals surface area contributed by atoms with E-state index in [9.17, 15) is 14.4 Å². The Hall–Kier alpha value is -6.03. The van der Waals surface area contributed by atoms with Crippen LogP contribution in [0.1, 0.15) is 48.7 Å². The first-order valence-corrected chi connectivity index (χ1v) is 17.5. The summed E-state index contributed by atoms with van der Waals surface area (Å²) in [6.07, 6.45) is 5.54. The van der Waals surface area contributed by atoms with Gasteiger partial charge in [0.2, 0.25) is 23.6 Å². The van der Waals surface area contributed by atoms with Gasteiger partial charge in [-0.1, -0.05) is 72.8 Å². The number of carbonyl (C=O) groups is 3. The fraction of sp³-hybridized carbons (Fsp3) is 0.244. The van der Waals surface area contributed by atoms with Gasteiger partial charge in [-0.15, -0.1) is 0 Å². The molecule has 8 rings (SSSR count). The standard InChI is InChI=1S/C41H38N6O4/c48-37(22-27-10-3-1-4-11-27)46-20-8-16-34(46)39-44-32-19-18-30(25-33(32)45-39)41-42-26-36(51-41)29-14-7-15-31(24-29)43-40(50)35-17-9-21-47(35)38(49)23-28-12-5-2-6-13-28/h1-7,10-15,18-19,24-26,34-35H,8-9,16-17,20-23H2,(H,43,50)(H,44,45)/t34-,35-/m0/s1. The largest absolute Gasteiger partial charge is 0.436 e. The Bertz CT molecular complexity index is 2190. The number of nitrogens with zero attached hydrogens (tertiary/aromatic N) is 4. The topological polar surface area (TPSA) is 124 Å². The van der Waals surface area contributed by atoms with Crippen molar-refractivity contribution in [1.29, 1.82) is 0 Å². The van der Waals surface area contributed by atoms with Crippen molar-refractivity contribution in [2.45, 2.75) is 50.6 Å². The van der Waals surface area contributed by atoms with Crippen LogP contribution in [0.4, 0.5) is 5.69 Å². The molecule has 2 aliphatic heterocycles. The molecule has 2 N–H and O–H groups in total. The van der Waals surface area contributed by atoms with Crippen molar-refractivity contribution >= 4 is 34.4 Å². The number of aromatic amines is 1. The molecule has 256 valence electrons. The molecule has 0 unspecified atom stereocenters. The second kappa shape index (κ2) is 14.1. The van der Waals surface area contributed by atoms with Crippen molar-refractivity contribution in [3.8, 4) is 22.8 Å². The van der Waals surface area contributed by atoms with Gasteiger partial charge in [0.25, 0.3) is 0 Å². The smallest absolute Gasteiger partial charge is 0.247 e. The van der Waals surface area contributed by atoms with Crippen LogP contribution in [-0.2, 0) is 27.2 Å². The third-order valence-electron chi connectivity index (χ3n) is 9.83. The molecule has 2 saturated heterocycles. The number of rotatable bonds is 9. The van der Waals surface area contributed by atoms with Crippen LogP contribution in [0.25, 0.3) is 33.8 Å². The number of likely N-dealkylation sites (tertiary alicyclic amines) is 2. The Morgan fingerprint density at radius 3 is 2.24 bits per heavy atom. The maximum Gasteiger partial charge on any atom is 0.247 e. The van der Waals surface area contributed by atoms with Gasteiger partial charge < -0.3 is 24.5 Å². The fourth-order valence-electron chi connectivity index (χ4n) is 7.27. The van der Waals surface area contributed by atoms with E-state index in [4.69, 9.17) is 9.40 Å². The lowest BCUT2D eigenvalue weighted by Crippen LogP contribution is -2.43. The highest BCUT2D eigenvalue weighted by atomic mass is 16.4. The minimum absolute atomic E-state index is 0.0409. The normalized spacial score (nSPS) is 17.3. The van der Waals surface area contributed by atoms with Gasteiger partial charge in [0.05, 0.1) is 36.1 Å². The van der Waals surface area contributed by atoms with Crippen LogP contribution in [0.2, 0.25) is 0 Å². The Balaban J connectivity index is 0.943. The first-order chi connectivity index (χ1) is 25.0. The Morgan fingerprint density at radius 1 is 0.765 bits per heavy atom. The van der Waals surface area contributed by atoms with Crippen molar-refractivity contribution in [2.75, 3.05) is 18.4 Å². The van der Waals surface area contributed by atoms with E-state index in [0.717, 1.165) is 64.9 Å². The number of nitrogens with one attached hydrogen (secondary N) is 2. The quantitative estimate of drug-likeness (QED) is 0.170. The molecule has 2 fully saturated rings. The molecule has 10 nitrogen and oxygen atoms in total. The zero-order chi connectivity index (χ0) is 34.7. The number of H-pyrrole nitrogens is 1. The van der Waals surface area contributed by atoms with E-state index in [1.807, 2.05) is 108 Å². The number of amides is 3. The van der Waals surface area contributed by atoms with E-state index < -0.39 is 6.04 Å². The predicted octanol–water partition coefficient (Wildman–Crippen LogP) is 6.96. The molecule has 51 heavy (non-hydrogen) atoms. The molecule has 4 aromatic carbocycles. The van der Waals surface area contributed by atoms with Crippen LogP contribution in [0.3, 0.4) is 0 Å². The summed E-state index contributed by atoms with van der Waals surface area (Å²) in [5.74, 6) is 1.67. The molecular weight excluding hydrogens is 640 g/mol. The summed E-state index contributed by atoms with van der Waals surface area (Å²) >= 11 is 0. The molecule has 2 aromatic heterocycles. The zero-order valence-electron chi connectivity index (χ0n) is 28.1. The van der Waals surface area contributed by atoms with Gasteiger partial charge in [-0.25, -0.2) is 9.97 Å². The van der Waals surface area contributed by atoms with E-state index in [1.165, 1.54) is 0 Å². The van der Waals surface area contributed by atoms with Gasteiger partial charge >= 0.3 is 0 Å². The summed E-state index contributed by atoms with van der Waals surface area (Å²) in [5, 5.41) is 3.02. The van der Waals surface area contributed by atoms with Crippen molar-refractivity contribution < 1.29 is 18.8 Å². The first kappa shape index (κ1) is 32.2. The third kappa shape index (κ3) is 6.90. The molecule has 10 heteroatoms. The van der Waals surface area contributed by atoms with Crippen LogP contribution in [-0.4, -0.2) is 61.6 Å². The van der Waals surface area contributed by atoms with Gasteiger partial charge in [0.15, 0.2) is 5.76 Å². The van der Waals surface area contributed by atoms with E-state index in [2.05, 4.69) is 15.3 Å². The Kier molecular flexibility index (Phi) is 8.88. The maximum atomic E-state index is 13.4. The molecule has 0 radical (unpaired) electrons. The lowest BCUT2D eigenvalue weighted by molar-refractivity contribution is -0.136. The molecule has 2 aliphatic rings. The number of hydrogen-bond acceptors (Lipinski definition) is 6. The molecular formula is C41H38N6O4. The van der Waals surface area contributed by atoms with Crippen molar-refractivity contribution in [3.63, 3.8) is 0 Å². The third-order valence-corrected chi connectivity index (χ3v) is 9.83. The maximum absolute atomic E-state index is 13.4. The molecule has 3 amide bonds. The second-order valence-electron chi connectivity index (χ2n) is 13.3. The minimum Gasteiger partial charge on any atom is -0.436 e. The summed E-state index contributed by atoms with van der Waals surface area (Å²) in [7, 11) is 0. The zero-order valence-corrected chi connectivity index (χ0v) is 28.1. The Labute approximate surface area is 295 Å². The van der Waals surface area contributed by atoms with Gasteiger partial charge in [0, 0.05) is 29.9 Å². The van der Waals surface area contributed by atoms with Crippen LogP contribution in [0.15, 0.2) is 114 Å². The molecule has 0 aliphatic carbocycles. The number of hydrogen-bond donors (Lipinski definition) is 2. The molecule has 4 heterocycles. The van der Waals surface area contributed by atoms with Gasteiger partial charge in [-0.3, -0.25) is 14.4 Å². The minimum atomic E-state index is -0.508. The molecule has 0 bridgehead atoms. The van der Waals surface area contributed by atoms with Crippen LogP contribution in [0, 0.1) is 0 Å². The summed E-state index contributed by atoms with van der Waals surface area (Å²) in [6.45, 7) is 1.29. The highest BCUT2D eigenvalue weighted by Gasteiger charge is 2.34. The number of anilines is 1. The number of oxazole rings is 1. The van der Waals surface area contributed by atoms with Gasteiger partial charge in [0.1, 0.15) is 11.9 Å². The summed E-state index contributed by atoms with van der Waals surface area (Å²) < 4.78 is 6.22. The summed E-state index contributed by atoms with van der Waals surface area (Å²) in [4.78, 5) is 56.2. The van der Waals surface area contributed by atoms with Crippen molar-refractivity contribution in [2.24, 2.45) is 0 Å². The van der Waals surface area contributed by atoms with E-state index in [1.54, 1.807) is 11.1 Å². The van der Waals surface area contributed by atoms with Crippen LogP contribution < -0.4 is 5.32 Å². The van der Waals surface area contributed by atoms with Crippen LogP contribution in [0.5, 0.6) is 0 Å². The molecule has 2 atom stereocenters. The van der Waals surface area contributed by atoms with Crippen LogP contribution >= 0.6 is 0 Å². The average molecular weight is 679 g/mol. The molecule has 0 spiro atoms. The predicted molar refractivity (Wildman–Crippen MR) is 194 cm³/mol. The van der Waals surface area contributed by atoms with Crippen molar-refractivity contribution in [1.82, 2.24) is 24.8 Å². The SMILES string of the molecule is O=C(Nc1cccc(-c2cnc(-c3ccc4nc([C@@H]5CCCN5C(=O)Cc5ccccc5)[nH]c4c3)o2)c1)[C@@H]1CCCN1C(=O)Cc1ccccc1. The van der Waals surface area contributed by atoms with E-state index >= 15 is 0 Å². The molecule has 6 aromatic rings. The lowest BCUT2D eigenvalue weighted by atomic mass is 10.1. The van der Waals surface area contributed by atoms with Gasteiger partial charge in [-0.2, -0.15) is 0 Å². The fourth-order valence-corrected chi connectivity index (χ4v) is 7.27. The number of fused-ring (bicyclic) bond motifs is 1. The Morgan fingerprint density at radius 2 is 1.47 bits per heavy atom. The second-order valence-corrected chi connectivity index (χ2v) is 13.3. The summed E-state index contributed by atoms with van der Waals surface area (Å²) in [6, 6.07) is 32.1. The lowest BCUT2D eigenvalue weighted by Gasteiger charge is -2.24. The number of imidazole rings is 1. The number of aromatic nitrogens is 3. The van der Waals surface area contributed by atoms with Crippen molar-refractivity contribution in [3.05, 3.63) is 126 Å². The first-order valence-electron chi connectivity index (χ1n) is 17.5. The highest BCUT2D eigenvalue weighted by Crippen LogP contribution is 2.34. The molecule has 0 saturated carbocycles. The number of carbonyl (C=O) groups excluding carboxylic acids is 3. The average Bonchev–Trinajstić information content (AvgIpc) is 3.98. The summed E-state index contributed by atoms with van der Waals surface area (Å²) in [5.41, 5.74) is 5.77. The van der Waals surface area contributed by atoms with E-state index in [0.29, 0.717) is 36.7 Å². The monoisotopic (exact) mass is 678 g/mol. The number of benzene rings is 4. The van der Waals surface area contributed by atoms with Gasteiger partial charge in [-0.05, 0) is 67.1 Å².